The summed E-state index contributed by atoms with van der Waals surface area (Å²) < 4.78 is 5.14. The Balaban J connectivity index is 1.86. The van der Waals surface area contributed by atoms with E-state index >= 15 is 0 Å². The number of methoxy groups -OCH3 is 1. The SMILES string of the molecule is CCC(C)c1ccc(NC(=O)c2ccc(-c3ncccc3Cl)cc2NCCOC)cc1. The van der Waals surface area contributed by atoms with Gasteiger partial charge in [-0.25, -0.2) is 0 Å². The Morgan fingerprint density at radius 1 is 1.16 bits per heavy atom. The number of amides is 1. The van der Waals surface area contributed by atoms with Crippen molar-refractivity contribution in [3.05, 3.63) is 76.9 Å². The molecule has 31 heavy (non-hydrogen) atoms. The molecule has 0 aliphatic rings. The minimum atomic E-state index is -0.185. The maximum atomic E-state index is 13.0. The molecule has 0 aliphatic heterocycles. The average molecular weight is 438 g/mol. The van der Waals surface area contributed by atoms with Crippen LogP contribution in [0.15, 0.2) is 60.8 Å². The van der Waals surface area contributed by atoms with Gasteiger partial charge >= 0.3 is 0 Å². The molecule has 1 aromatic heterocycles. The van der Waals surface area contributed by atoms with Crippen molar-refractivity contribution in [1.29, 1.82) is 0 Å². The molecule has 0 saturated heterocycles. The number of nitrogens with one attached hydrogen (secondary N) is 2. The summed E-state index contributed by atoms with van der Waals surface area (Å²) in [6.07, 6.45) is 2.78. The molecular weight excluding hydrogens is 410 g/mol. The molecule has 0 radical (unpaired) electrons. The number of ether oxygens (including phenoxy) is 1. The number of anilines is 2. The van der Waals surface area contributed by atoms with E-state index in [1.165, 1.54) is 5.56 Å². The molecule has 0 bridgehead atoms. The fourth-order valence-electron chi connectivity index (χ4n) is 3.25. The van der Waals surface area contributed by atoms with Gasteiger partial charge in [0.2, 0.25) is 0 Å². The van der Waals surface area contributed by atoms with Gasteiger partial charge in [0.05, 0.1) is 22.9 Å². The molecule has 3 aromatic rings. The van der Waals surface area contributed by atoms with Crippen molar-refractivity contribution in [2.75, 3.05) is 30.9 Å². The topological polar surface area (TPSA) is 63.2 Å². The summed E-state index contributed by atoms with van der Waals surface area (Å²) in [5, 5.41) is 6.84. The van der Waals surface area contributed by atoms with Crippen molar-refractivity contribution in [3.8, 4) is 11.3 Å². The molecule has 3 rings (SSSR count). The quantitative estimate of drug-likeness (QED) is 0.390. The van der Waals surface area contributed by atoms with E-state index in [4.69, 9.17) is 16.3 Å². The van der Waals surface area contributed by atoms with Gasteiger partial charge in [-0.1, -0.05) is 43.6 Å². The maximum absolute atomic E-state index is 13.0. The van der Waals surface area contributed by atoms with Gasteiger partial charge in [-0.3, -0.25) is 9.78 Å². The lowest BCUT2D eigenvalue weighted by Crippen LogP contribution is -2.16. The van der Waals surface area contributed by atoms with E-state index in [2.05, 4.69) is 41.6 Å². The van der Waals surface area contributed by atoms with Gasteiger partial charge in [-0.15, -0.1) is 0 Å². The number of hydrogen-bond donors (Lipinski definition) is 2. The van der Waals surface area contributed by atoms with Crippen molar-refractivity contribution in [2.45, 2.75) is 26.2 Å². The number of benzene rings is 2. The number of carbonyl (C=O) groups is 1. The van der Waals surface area contributed by atoms with Crippen molar-refractivity contribution in [2.24, 2.45) is 0 Å². The zero-order valence-corrected chi connectivity index (χ0v) is 18.9. The Morgan fingerprint density at radius 3 is 2.61 bits per heavy atom. The summed E-state index contributed by atoms with van der Waals surface area (Å²) in [7, 11) is 1.64. The van der Waals surface area contributed by atoms with Crippen LogP contribution in [0.25, 0.3) is 11.3 Å². The van der Waals surface area contributed by atoms with Gasteiger partial charge in [0.15, 0.2) is 0 Å². The summed E-state index contributed by atoms with van der Waals surface area (Å²) in [5.41, 5.74) is 4.77. The molecule has 1 unspecified atom stereocenters. The second kappa shape index (κ2) is 10.9. The third-order valence-electron chi connectivity index (χ3n) is 5.27. The number of aromatic nitrogens is 1. The van der Waals surface area contributed by atoms with Gasteiger partial charge in [0.1, 0.15) is 0 Å². The fraction of sp³-hybridized carbons (Fsp3) is 0.280. The molecule has 5 nitrogen and oxygen atoms in total. The smallest absolute Gasteiger partial charge is 0.257 e. The van der Waals surface area contributed by atoms with Crippen LogP contribution in [0.5, 0.6) is 0 Å². The normalized spacial score (nSPS) is 11.7. The van der Waals surface area contributed by atoms with Crippen LogP contribution in [0.2, 0.25) is 5.02 Å². The van der Waals surface area contributed by atoms with Crippen LogP contribution in [-0.2, 0) is 4.74 Å². The molecule has 0 spiro atoms. The predicted molar refractivity (Wildman–Crippen MR) is 128 cm³/mol. The third kappa shape index (κ3) is 5.84. The number of halogens is 1. The Morgan fingerprint density at radius 2 is 1.94 bits per heavy atom. The number of rotatable bonds is 9. The zero-order valence-electron chi connectivity index (χ0n) is 18.1. The molecular formula is C25H28ClN3O2. The fourth-order valence-corrected chi connectivity index (χ4v) is 3.48. The van der Waals surface area contributed by atoms with Gasteiger partial charge in [0.25, 0.3) is 5.91 Å². The zero-order chi connectivity index (χ0) is 22.2. The minimum Gasteiger partial charge on any atom is -0.383 e. The molecule has 1 amide bonds. The summed E-state index contributed by atoms with van der Waals surface area (Å²) in [4.78, 5) is 17.4. The number of pyridine rings is 1. The van der Waals surface area contributed by atoms with Crippen LogP contribution in [0.1, 0.15) is 42.1 Å². The van der Waals surface area contributed by atoms with E-state index < -0.39 is 0 Å². The van der Waals surface area contributed by atoms with Crippen LogP contribution in [0.4, 0.5) is 11.4 Å². The molecule has 2 aromatic carbocycles. The average Bonchev–Trinajstić information content (AvgIpc) is 2.79. The standard InChI is InChI=1S/C25H28ClN3O2/c1-4-17(2)18-7-10-20(11-8-18)29-25(30)21-12-9-19(16-23(21)27-14-15-31-3)24-22(26)6-5-13-28-24/h5-13,16-17,27H,4,14-15H2,1-3H3,(H,29,30). The van der Waals surface area contributed by atoms with Crippen LogP contribution < -0.4 is 10.6 Å². The summed E-state index contributed by atoms with van der Waals surface area (Å²) >= 11 is 6.31. The Hall–Kier alpha value is -2.89. The first kappa shape index (κ1) is 22.8. The lowest BCUT2D eigenvalue weighted by atomic mass is 9.98. The van der Waals surface area contributed by atoms with Gasteiger partial charge < -0.3 is 15.4 Å². The molecule has 1 heterocycles. The van der Waals surface area contributed by atoms with Crippen LogP contribution in [-0.4, -0.2) is 31.2 Å². The second-order valence-electron chi connectivity index (χ2n) is 7.40. The second-order valence-corrected chi connectivity index (χ2v) is 7.81. The number of carbonyl (C=O) groups excluding carboxylic acids is 1. The van der Waals surface area contributed by atoms with Crippen LogP contribution in [0.3, 0.4) is 0 Å². The highest BCUT2D eigenvalue weighted by Gasteiger charge is 2.15. The summed E-state index contributed by atoms with van der Waals surface area (Å²) in [6.45, 7) is 5.45. The third-order valence-corrected chi connectivity index (χ3v) is 5.57. The molecule has 0 fully saturated rings. The highest BCUT2D eigenvalue weighted by atomic mass is 35.5. The van der Waals surface area contributed by atoms with Crippen molar-refractivity contribution >= 4 is 28.9 Å². The molecule has 0 saturated carbocycles. The molecule has 1 atom stereocenters. The van der Waals surface area contributed by atoms with E-state index in [9.17, 15) is 4.79 Å². The van der Waals surface area contributed by atoms with E-state index in [0.29, 0.717) is 41.0 Å². The highest BCUT2D eigenvalue weighted by Crippen LogP contribution is 2.30. The Bertz CT molecular complexity index is 1020. The van der Waals surface area contributed by atoms with E-state index in [-0.39, 0.29) is 5.91 Å². The van der Waals surface area contributed by atoms with Gasteiger partial charge in [-0.2, -0.15) is 0 Å². The summed E-state index contributed by atoms with van der Waals surface area (Å²) in [6, 6.07) is 17.1. The van der Waals surface area contributed by atoms with Crippen molar-refractivity contribution < 1.29 is 9.53 Å². The monoisotopic (exact) mass is 437 g/mol. The lowest BCUT2D eigenvalue weighted by molar-refractivity contribution is 0.102. The van der Waals surface area contributed by atoms with E-state index in [1.54, 1.807) is 31.5 Å². The first-order chi connectivity index (χ1) is 15.0. The van der Waals surface area contributed by atoms with Crippen LogP contribution in [0, 0.1) is 0 Å². The summed E-state index contributed by atoms with van der Waals surface area (Å²) in [5.74, 6) is 0.308. The van der Waals surface area contributed by atoms with E-state index in [1.807, 2.05) is 24.3 Å². The number of nitrogens with zero attached hydrogens (tertiary/aromatic N) is 1. The van der Waals surface area contributed by atoms with Gasteiger partial charge in [-0.05, 0) is 54.3 Å². The maximum Gasteiger partial charge on any atom is 0.257 e. The molecule has 6 heteroatoms. The largest absolute Gasteiger partial charge is 0.383 e. The van der Waals surface area contributed by atoms with Crippen molar-refractivity contribution in [1.82, 2.24) is 4.98 Å². The highest BCUT2D eigenvalue weighted by molar-refractivity contribution is 6.33. The van der Waals surface area contributed by atoms with Crippen LogP contribution >= 0.6 is 11.6 Å². The minimum absolute atomic E-state index is 0.185. The van der Waals surface area contributed by atoms with Crippen molar-refractivity contribution in [3.63, 3.8) is 0 Å². The molecule has 162 valence electrons. The Labute approximate surface area is 188 Å². The molecule has 0 aliphatic carbocycles. The first-order valence-electron chi connectivity index (χ1n) is 10.4. The predicted octanol–water partition coefficient (Wildman–Crippen LogP) is 6.23. The lowest BCUT2D eigenvalue weighted by Gasteiger charge is -2.15. The first-order valence-corrected chi connectivity index (χ1v) is 10.8. The van der Waals surface area contributed by atoms with E-state index in [0.717, 1.165) is 17.7 Å². The Kier molecular flexibility index (Phi) is 8.04. The van der Waals surface area contributed by atoms with Gasteiger partial charge in [0, 0.05) is 36.8 Å². The molecule has 2 N–H and O–H groups in total. The number of hydrogen-bond acceptors (Lipinski definition) is 4.